The molecule has 0 bridgehead atoms. The number of carbonyl (C=O) groups excluding carboxylic acids is 1. The highest BCUT2D eigenvalue weighted by molar-refractivity contribution is 8.13. The molecule has 0 fully saturated rings. The molecule has 1 amide bonds. The maximum atomic E-state index is 12.1. The molecule has 3 aromatic rings. The lowest BCUT2D eigenvalue weighted by Gasteiger charge is -2.30. The van der Waals surface area contributed by atoms with Crippen LogP contribution < -0.4 is 10.5 Å². The van der Waals surface area contributed by atoms with E-state index in [9.17, 15) is 30.0 Å². The normalized spacial score (nSPS) is 13.4. The number of sulfonamides is 2. The predicted molar refractivity (Wildman–Crippen MR) is 190 cm³/mol. The van der Waals surface area contributed by atoms with Crippen LogP contribution in [-0.2, 0) is 33.8 Å². The molecule has 0 aliphatic carbocycles. The summed E-state index contributed by atoms with van der Waals surface area (Å²) < 4.78 is 72.9. The fraction of sp³-hybridized carbons (Fsp3) is 0.406. The monoisotopic (exact) mass is 733 g/mol. The zero-order valence-corrected chi connectivity index (χ0v) is 31.5. The molecule has 3 atom stereocenters. The van der Waals surface area contributed by atoms with Crippen molar-refractivity contribution in [2.24, 2.45) is 5.73 Å². The number of benzene rings is 3. The Morgan fingerprint density at radius 3 is 1.34 bits per heavy atom. The first kappa shape index (κ1) is 44.0. The van der Waals surface area contributed by atoms with Gasteiger partial charge in [-0.3, -0.25) is 0 Å². The Kier molecular flexibility index (Phi) is 18.5. The van der Waals surface area contributed by atoms with Crippen LogP contribution in [0.4, 0.5) is 4.79 Å². The van der Waals surface area contributed by atoms with E-state index in [1.165, 1.54) is 5.56 Å². The minimum absolute atomic E-state index is 0.159. The van der Waals surface area contributed by atoms with Gasteiger partial charge >= 0.3 is 6.09 Å². The third kappa shape index (κ3) is 22.2. The Morgan fingerprint density at radius 1 is 0.723 bits per heavy atom. The number of halogens is 1. The molecular weight excluding hydrogens is 686 g/mol. The van der Waals surface area contributed by atoms with Crippen LogP contribution in [0.3, 0.4) is 0 Å². The highest BCUT2D eigenvalue weighted by Crippen LogP contribution is 2.25. The van der Waals surface area contributed by atoms with Gasteiger partial charge in [-0.2, -0.15) is 4.31 Å². The van der Waals surface area contributed by atoms with Crippen molar-refractivity contribution in [2.45, 2.75) is 65.3 Å². The number of hydrogen-bond acceptors (Lipinski definition) is 9. The fourth-order valence-corrected chi connectivity index (χ4v) is 5.42. The molecule has 11 nitrogen and oxygen atoms in total. The van der Waals surface area contributed by atoms with Crippen LogP contribution in [0.15, 0.2) is 91.0 Å². The van der Waals surface area contributed by atoms with Crippen molar-refractivity contribution in [2.75, 3.05) is 18.8 Å². The minimum atomic E-state index is -3.73. The van der Waals surface area contributed by atoms with E-state index in [-0.39, 0.29) is 12.1 Å². The maximum absolute atomic E-state index is 12.1. The number of hydrogen-bond donors (Lipinski definition) is 2. The third-order valence-corrected chi connectivity index (χ3v) is 7.54. The van der Waals surface area contributed by atoms with Crippen molar-refractivity contribution in [1.29, 1.82) is 0 Å². The van der Waals surface area contributed by atoms with Gasteiger partial charge in [-0.15, -0.1) is 0 Å². The third-order valence-electron chi connectivity index (χ3n) is 5.58. The van der Waals surface area contributed by atoms with Gasteiger partial charge in [0.2, 0.25) is 29.1 Å². The largest absolute Gasteiger partial charge is 0.443 e. The smallest absolute Gasteiger partial charge is 0.424 e. The molecule has 0 spiro atoms. The molecule has 264 valence electrons. The first-order chi connectivity index (χ1) is 21.3. The first-order valence-electron chi connectivity index (χ1n) is 14.3. The zero-order valence-electron chi connectivity index (χ0n) is 28.3. The molecule has 0 radical (unpaired) electrons. The Bertz CT molecular complexity index is 1660. The van der Waals surface area contributed by atoms with Crippen molar-refractivity contribution in [3.8, 4) is 0 Å². The SMILES string of the molecule is CS(=O)(=O)Cl.C[C@@H](N)c1ccccc1.C[C@@H](NS(C)(=O)=O)c1ccccc1.C[C@H](c1ccccc1)N(C(=O)OC(C)(C)C)S(C)(=O)=O. The lowest BCUT2D eigenvalue weighted by molar-refractivity contribution is 0.0347. The Balaban J connectivity index is 0.000000669. The zero-order chi connectivity index (χ0) is 36.6. The average molecular weight is 734 g/mol. The van der Waals surface area contributed by atoms with Crippen molar-refractivity contribution in [3.63, 3.8) is 0 Å². The highest BCUT2D eigenvalue weighted by atomic mass is 35.7. The predicted octanol–water partition coefficient (Wildman–Crippen LogP) is 6.13. The molecule has 0 aliphatic rings. The molecular formula is C32H48ClN3O8S3. The molecule has 15 heteroatoms. The van der Waals surface area contributed by atoms with Crippen LogP contribution in [0, 0.1) is 0 Å². The summed E-state index contributed by atoms with van der Waals surface area (Å²) >= 11 is 0. The van der Waals surface area contributed by atoms with Gasteiger partial charge in [0.05, 0.1) is 24.8 Å². The molecule has 0 unspecified atom stereocenters. The first-order valence-corrected chi connectivity index (χ1v) is 20.8. The van der Waals surface area contributed by atoms with Crippen LogP contribution in [0.25, 0.3) is 0 Å². The minimum Gasteiger partial charge on any atom is -0.443 e. The van der Waals surface area contributed by atoms with Gasteiger partial charge in [0.1, 0.15) is 5.60 Å². The van der Waals surface area contributed by atoms with Gasteiger partial charge in [-0.1, -0.05) is 91.0 Å². The standard InChI is InChI=1S/C14H21NO4S.C9H13NO2S.C8H11N.CH3ClO2S/c1-11(12-9-7-6-8-10-12)15(20(5,17)18)13(16)19-14(2,3)4;1-8(10-13(2,11)12)9-6-4-3-5-7-9;1-7(9)8-5-3-2-4-6-8;1-5(2,3)4/h6-11H,1-5H3;3-8,10H,1-2H3;2-7H,9H2,1H3;1H3/t11-;8-;7-;/m111./s1. The second-order valence-electron chi connectivity index (χ2n) is 11.5. The van der Waals surface area contributed by atoms with Crippen LogP contribution in [0.2, 0.25) is 0 Å². The molecule has 0 heterocycles. The second-order valence-corrected chi connectivity index (χ2v) is 18.2. The van der Waals surface area contributed by atoms with Crippen molar-refractivity contribution in [3.05, 3.63) is 108 Å². The number of nitrogens with one attached hydrogen (secondary N) is 1. The average Bonchev–Trinajstić information content (AvgIpc) is 2.91. The summed E-state index contributed by atoms with van der Waals surface area (Å²) in [5.74, 6) is 0. The number of nitrogens with two attached hydrogens (primary N) is 1. The number of amides is 1. The van der Waals surface area contributed by atoms with Gasteiger partial charge in [0.15, 0.2) is 0 Å². The van der Waals surface area contributed by atoms with E-state index >= 15 is 0 Å². The van der Waals surface area contributed by atoms with Gasteiger partial charge in [0.25, 0.3) is 0 Å². The summed E-state index contributed by atoms with van der Waals surface area (Å²) in [5.41, 5.74) is 7.74. The van der Waals surface area contributed by atoms with E-state index in [0.29, 0.717) is 0 Å². The van der Waals surface area contributed by atoms with E-state index in [2.05, 4.69) is 15.4 Å². The number of rotatable bonds is 7. The number of nitrogens with zero attached hydrogens (tertiary/aromatic N) is 1. The number of carbonyl (C=O) groups is 1. The fourth-order valence-electron chi connectivity index (χ4n) is 3.64. The molecule has 0 saturated carbocycles. The van der Waals surface area contributed by atoms with Gasteiger partial charge in [-0.05, 0) is 58.2 Å². The summed E-state index contributed by atoms with van der Waals surface area (Å²) in [6, 6.07) is 27.8. The van der Waals surface area contributed by atoms with Gasteiger partial charge < -0.3 is 10.5 Å². The molecule has 3 N–H and O–H groups in total. The summed E-state index contributed by atoms with van der Waals surface area (Å²) in [4.78, 5) is 12.1. The van der Waals surface area contributed by atoms with E-state index in [1.54, 1.807) is 52.0 Å². The summed E-state index contributed by atoms with van der Waals surface area (Å²) in [6.07, 6.45) is 2.22. The summed E-state index contributed by atoms with van der Waals surface area (Å²) in [7, 11) is -5.54. The van der Waals surface area contributed by atoms with E-state index in [4.69, 9.17) is 10.5 Å². The van der Waals surface area contributed by atoms with E-state index in [1.807, 2.05) is 80.6 Å². The van der Waals surface area contributed by atoms with Crippen LogP contribution in [0.1, 0.15) is 76.4 Å². The molecule has 0 aromatic heterocycles. The summed E-state index contributed by atoms with van der Waals surface area (Å²) in [5, 5.41) is 0. The summed E-state index contributed by atoms with van der Waals surface area (Å²) in [6.45, 7) is 10.5. The Morgan fingerprint density at radius 2 is 1.06 bits per heavy atom. The van der Waals surface area contributed by atoms with Crippen LogP contribution in [0.5, 0.6) is 0 Å². The quantitative estimate of drug-likeness (QED) is 0.271. The second kappa shape index (κ2) is 19.7. The van der Waals surface area contributed by atoms with Gasteiger partial charge in [0, 0.05) is 22.8 Å². The molecule has 0 aliphatic heterocycles. The molecule has 3 rings (SSSR count). The lowest BCUT2D eigenvalue weighted by atomic mass is 10.1. The van der Waals surface area contributed by atoms with E-state index < -0.39 is 46.8 Å². The van der Waals surface area contributed by atoms with Crippen molar-refractivity contribution < 1.29 is 34.8 Å². The molecule has 0 saturated heterocycles. The van der Waals surface area contributed by atoms with Crippen molar-refractivity contribution >= 4 is 45.9 Å². The molecule has 3 aromatic carbocycles. The van der Waals surface area contributed by atoms with E-state index in [0.717, 1.165) is 34.2 Å². The highest BCUT2D eigenvalue weighted by Gasteiger charge is 2.33. The van der Waals surface area contributed by atoms with Gasteiger partial charge in [-0.25, -0.2) is 34.8 Å². The van der Waals surface area contributed by atoms with Crippen LogP contribution in [-0.4, -0.2) is 60.0 Å². The topological polar surface area (TPSA) is 170 Å². The Labute approximate surface area is 286 Å². The van der Waals surface area contributed by atoms with Crippen molar-refractivity contribution in [1.82, 2.24) is 9.03 Å². The lowest BCUT2D eigenvalue weighted by Crippen LogP contribution is -2.41. The Hall–Kier alpha value is -3.01. The van der Waals surface area contributed by atoms with Crippen LogP contribution >= 0.6 is 10.7 Å². The number of ether oxygens (including phenoxy) is 1. The molecule has 47 heavy (non-hydrogen) atoms. The maximum Gasteiger partial charge on any atom is 0.424 e.